The fraction of sp³-hybridized carbons (Fsp3) is 0.250. The normalized spacial score (nSPS) is 14.7. The quantitative estimate of drug-likeness (QED) is 0.581. The molecule has 0 radical (unpaired) electrons. The molecule has 94 valence electrons. The van der Waals surface area contributed by atoms with E-state index in [1.165, 1.54) is 24.0 Å². The Balaban J connectivity index is 2.22. The molecule has 0 spiro atoms. The highest BCUT2D eigenvalue weighted by Gasteiger charge is 2.16. The van der Waals surface area contributed by atoms with E-state index in [2.05, 4.69) is 17.1 Å². The van der Waals surface area contributed by atoms with Gasteiger partial charge in [-0.2, -0.15) is 0 Å². The Morgan fingerprint density at radius 2 is 1.95 bits per heavy atom. The summed E-state index contributed by atoms with van der Waals surface area (Å²) >= 11 is 1.70. The molecule has 19 heavy (non-hydrogen) atoms. The van der Waals surface area contributed by atoms with Crippen molar-refractivity contribution in [3.05, 3.63) is 51.9 Å². The summed E-state index contributed by atoms with van der Waals surface area (Å²) in [4.78, 5) is 16.8. The monoisotopic (exact) mass is 267 g/mol. The van der Waals surface area contributed by atoms with Crippen LogP contribution in [-0.2, 0) is 12.8 Å². The number of rotatable bonds is 0. The highest BCUT2D eigenvalue weighted by atomic mass is 32.1. The average Bonchev–Trinajstić information content (AvgIpc) is 2.47. The molecule has 0 saturated heterocycles. The summed E-state index contributed by atoms with van der Waals surface area (Å²) in [6.45, 7) is 0. The van der Waals surface area contributed by atoms with Gasteiger partial charge in [0, 0.05) is 27.2 Å². The van der Waals surface area contributed by atoms with Gasteiger partial charge in [0.15, 0.2) is 5.43 Å². The third kappa shape index (κ3) is 1.61. The van der Waals surface area contributed by atoms with Crippen LogP contribution in [0.1, 0.15) is 24.0 Å². The van der Waals surface area contributed by atoms with Gasteiger partial charge in [0.2, 0.25) is 0 Å². The van der Waals surface area contributed by atoms with E-state index in [9.17, 15) is 4.79 Å². The number of hydrogen-bond acceptors (Lipinski definition) is 3. The second-order valence-corrected chi connectivity index (χ2v) is 6.17. The molecule has 0 bridgehead atoms. The summed E-state index contributed by atoms with van der Waals surface area (Å²) in [7, 11) is 0. The lowest BCUT2D eigenvalue weighted by Gasteiger charge is -2.17. The van der Waals surface area contributed by atoms with Crippen molar-refractivity contribution in [1.29, 1.82) is 0 Å². The Morgan fingerprint density at radius 1 is 1.05 bits per heavy atom. The molecular formula is C16H13NOS. The van der Waals surface area contributed by atoms with Crippen LogP contribution in [0.2, 0.25) is 0 Å². The van der Waals surface area contributed by atoms with Crippen LogP contribution >= 0.6 is 11.3 Å². The van der Waals surface area contributed by atoms with Crippen LogP contribution in [0, 0.1) is 0 Å². The molecule has 0 N–H and O–H groups in total. The molecule has 2 aromatic heterocycles. The van der Waals surface area contributed by atoms with E-state index in [1.54, 1.807) is 23.7 Å². The standard InChI is InChI=1S/C16H13NOS/c18-16-12-9-17-8-7-13(12)19-14-6-5-10-3-1-2-4-11(10)15(14)16/h5-9H,1-4H2. The Kier molecular flexibility index (Phi) is 2.42. The van der Waals surface area contributed by atoms with Crippen LogP contribution in [0.25, 0.3) is 20.2 Å². The Bertz CT molecular complexity index is 850. The zero-order valence-electron chi connectivity index (χ0n) is 10.5. The summed E-state index contributed by atoms with van der Waals surface area (Å²) < 4.78 is 2.15. The van der Waals surface area contributed by atoms with Gasteiger partial charge < -0.3 is 0 Å². The van der Waals surface area contributed by atoms with Crippen molar-refractivity contribution >= 4 is 31.5 Å². The molecule has 0 amide bonds. The lowest BCUT2D eigenvalue weighted by Crippen LogP contribution is -2.10. The Morgan fingerprint density at radius 3 is 2.89 bits per heavy atom. The lowest BCUT2D eigenvalue weighted by atomic mass is 9.89. The molecule has 0 saturated carbocycles. The van der Waals surface area contributed by atoms with Crippen molar-refractivity contribution in [3.8, 4) is 0 Å². The third-order valence-electron chi connectivity index (χ3n) is 3.97. The number of benzene rings is 1. The van der Waals surface area contributed by atoms with Crippen molar-refractivity contribution in [1.82, 2.24) is 4.98 Å². The van der Waals surface area contributed by atoms with Crippen molar-refractivity contribution in [2.45, 2.75) is 25.7 Å². The first-order valence-corrected chi connectivity index (χ1v) is 7.47. The van der Waals surface area contributed by atoms with Gasteiger partial charge in [-0.25, -0.2) is 0 Å². The molecule has 0 unspecified atom stereocenters. The summed E-state index contributed by atoms with van der Waals surface area (Å²) in [5.74, 6) is 0. The highest BCUT2D eigenvalue weighted by Crippen LogP contribution is 2.31. The van der Waals surface area contributed by atoms with Crippen LogP contribution < -0.4 is 5.43 Å². The lowest BCUT2D eigenvalue weighted by molar-refractivity contribution is 0.690. The van der Waals surface area contributed by atoms with E-state index < -0.39 is 0 Å². The molecule has 0 atom stereocenters. The summed E-state index contributed by atoms with van der Waals surface area (Å²) in [6.07, 6.45) is 8.05. The second kappa shape index (κ2) is 4.14. The number of pyridine rings is 1. The third-order valence-corrected chi connectivity index (χ3v) is 5.10. The predicted octanol–water partition coefficient (Wildman–Crippen LogP) is 3.69. The van der Waals surface area contributed by atoms with Gasteiger partial charge in [0.05, 0.1) is 5.39 Å². The summed E-state index contributed by atoms with van der Waals surface area (Å²) in [5, 5.41) is 1.71. The minimum atomic E-state index is 0.163. The van der Waals surface area contributed by atoms with Crippen LogP contribution in [0.15, 0.2) is 35.4 Å². The molecule has 0 fully saturated rings. The van der Waals surface area contributed by atoms with Crippen LogP contribution in [0.3, 0.4) is 0 Å². The van der Waals surface area contributed by atoms with Crippen LogP contribution in [0.5, 0.6) is 0 Å². The van der Waals surface area contributed by atoms with Gasteiger partial charge in [-0.1, -0.05) is 6.07 Å². The molecule has 1 aliphatic rings. The van der Waals surface area contributed by atoms with Crippen molar-refractivity contribution in [2.24, 2.45) is 0 Å². The maximum atomic E-state index is 12.7. The number of aryl methyl sites for hydroxylation is 2. The van der Waals surface area contributed by atoms with Crippen LogP contribution in [-0.4, -0.2) is 4.98 Å². The minimum absolute atomic E-state index is 0.163. The Labute approximate surface area is 114 Å². The van der Waals surface area contributed by atoms with Gasteiger partial charge >= 0.3 is 0 Å². The first kappa shape index (κ1) is 11.1. The number of nitrogens with zero attached hydrogens (tertiary/aromatic N) is 1. The summed E-state index contributed by atoms with van der Waals surface area (Å²) in [5.41, 5.74) is 2.82. The topological polar surface area (TPSA) is 30.0 Å². The fourth-order valence-electron chi connectivity index (χ4n) is 3.03. The summed E-state index contributed by atoms with van der Waals surface area (Å²) in [6, 6.07) is 6.26. The molecule has 4 rings (SSSR count). The average molecular weight is 267 g/mol. The first-order chi connectivity index (χ1) is 9.34. The molecular weight excluding hydrogens is 254 g/mol. The van der Waals surface area contributed by atoms with Crippen molar-refractivity contribution in [2.75, 3.05) is 0 Å². The molecule has 0 aliphatic heterocycles. The van der Waals surface area contributed by atoms with E-state index in [-0.39, 0.29) is 5.43 Å². The van der Waals surface area contributed by atoms with Gasteiger partial charge in [0.1, 0.15) is 0 Å². The Hall–Kier alpha value is -1.74. The van der Waals surface area contributed by atoms with E-state index in [0.29, 0.717) is 0 Å². The van der Waals surface area contributed by atoms with Gasteiger partial charge in [0.25, 0.3) is 0 Å². The zero-order chi connectivity index (χ0) is 12.8. The maximum Gasteiger partial charge on any atom is 0.197 e. The van der Waals surface area contributed by atoms with Gasteiger partial charge in [-0.05, 0) is 48.9 Å². The van der Waals surface area contributed by atoms with Crippen molar-refractivity contribution < 1.29 is 0 Å². The SMILES string of the molecule is O=c1c2cnccc2sc2ccc3c(c12)CCCC3. The van der Waals surface area contributed by atoms with Gasteiger partial charge in [-0.3, -0.25) is 9.78 Å². The van der Waals surface area contributed by atoms with Crippen molar-refractivity contribution in [3.63, 3.8) is 0 Å². The number of aromatic nitrogens is 1. The molecule has 2 nitrogen and oxygen atoms in total. The molecule has 1 aliphatic carbocycles. The smallest absolute Gasteiger partial charge is 0.197 e. The predicted molar refractivity (Wildman–Crippen MR) is 80.0 cm³/mol. The van der Waals surface area contributed by atoms with Crippen LogP contribution in [0.4, 0.5) is 0 Å². The van der Waals surface area contributed by atoms with E-state index >= 15 is 0 Å². The zero-order valence-corrected chi connectivity index (χ0v) is 11.3. The highest BCUT2D eigenvalue weighted by molar-refractivity contribution is 7.24. The molecule has 1 aromatic carbocycles. The second-order valence-electron chi connectivity index (χ2n) is 5.09. The van der Waals surface area contributed by atoms with E-state index in [0.717, 1.165) is 33.0 Å². The first-order valence-electron chi connectivity index (χ1n) is 6.66. The fourth-order valence-corrected chi connectivity index (χ4v) is 4.11. The minimum Gasteiger partial charge on any atom is -0.288 e. The number of fused-ring (bicyclic) bond motifs is 4. The molecule has 3 heteroatoms. The maximum absolute atomic E-state index is 12.7. The van der Waals surface area contributed by atoms with Gasteiger partial charge in [-0.15, -0.1) is 11.3 Å². The largest absolute Gasteiger partial charge is 0.288 e. The van der Waals surface area contributed by atoms with E-state index in [1.807, 2.05) is 6.07 Å². The molecule has 3 aromatic rings. The molecule has 2 heterocycles. The van der Waals surface area contributed by atoms with E-state index in [4.69, 9.17) is 0 Å². The number of hydrogen-bond donors (Lipinski definition) is 0.